The maximum absolute atomic E-state index is 5.78. The molecule has 1 fully saturated rings. The molecule has 9 heteroatoms. The summed E-state index contributed by atoms with van der Waals surface area (Å²) in [7, 11) is 1.77. The van der Waals surface area contributed by atoms with Crippen LogP contribution >= 0.6 is 0 Å². The fourth-order valence-corrected chi connectivity index (χ4v) is 4.03. The molecule has 0 spiro atoms. The maximum Gasteiger partial charge on any atom is 0.119 e. The summed E-state index contributed by atoms with van der Waals surface area (Å²) < 4.78 is 9.37. The van der Waals surface area contributed by atoms with Gasteiger partial charge in [-0.05, 0) is 25.3 Å². The van der Waals surface area contributed by atoms with E-state index in [1.54, 1.807) is 23.9 Å². The SMILES string of the molecule is CC[C@]1(n2cc(-c3nc(-c4cc(N)[nH]n4)cn4nccc34)cn2)C[C@H](OC)C1. The third-order valence-corrected chi connectivity index (χ3v) is 5.80. The molecule has 28 heavy (non-hydrogen) atoms. The van der Waals surface area contributed by atoms with Crippen LogP contribution in [-0.4, -0.2) is 47.8 Å². The lowest BCUT2D eigenvalue weighted by atomic mass is 9.72. The Hall–Kier alpha value is -3.20. The van der Waals surface area contributed by atoms with Crippen molar-refractivity contribution >= 4 is 11.3 Å². The van der Waals surface area contributed by atoms with Crippen molar-refractivity contribution in [3.05, 3.63) is 36.9 Å². The van der Waals surface area contributed by atoms with E-state index in [0.717, 1.165) is 36.0 Å². The third-order valence-electron chi connectivity index (χ3n) is 5.80. The second-order valence-corrected chi connectivity index (χ2v) is 7.36. The highest BCUT2D eigenvalue weighted by atomic mass is 16.5. The second kappa shape index (κ2) is 6.16. The molecule has 0 aliphatic heterocycles. The van der Waals surface area contributed by atoms with E-state index in [2.05, 4.69) is 38.2 Å². The van der Waals surface area contributed by atoms with Crippen LogP contribution in [0.4, 0.5) is 5.82 Å². The first kappa shape index (κ1) is 16.9. The molecule has 0 aromatic carbocycles. The first-order valence-corrected chi connectivity index (χ1v) is 9.36. The van der Waals surface area contributed by atoms with Crippen LogP contribution < -0.4 is 5.73 Å². The van der Waals surface area contributed by atoms with Gasteiger partial charge >= 0.3 is 0 Å². The van der Waals surface area contributed by atoms with Crippen LogP contribution in [0.3, 0.4) is 0 Å². The Morgan fingerprint density at radius 1 is 1.29 bits per heavy atom. The molecule has 0 bridgehead atoms. The summed E-state index contributed by atoms with van der Waals surface area (Å²) in [6, 6.07) is 3.71. The number of methoxy groups -OCH3 is 1. The number of aromatic nitrogens is 7. The Morgan fingerprint density at radius 2 is 2.14 bits per heavy atom. The molecule has 0 saturated heterocycles. The van der Waals surface area contributed by atoms with Gasteiger partial charge in [-0.25, -0.2) is 9.50 Å². The predicted molar refractivity (Wildman–Crippen MR) is 104 cm³/mol. The van der Waals surface area contributed by atoms with Crippen molar-refractivity contribution in [2.45, 2.75) is 37.8 Å². The van der Waals surface area contributed by atoms with Gasteiger partial charge in [-0.1, -0.05) is 6.92 Å². The van der Waals surface area contributed by atoms with E-state index in [1.807, 2.05) is 18.5 Å². The first-order valence-electron chi connectivity index (χ1n) is 9.36. The lowest BCUT2D eigenvalue weighted by Gasteiger charge is -2.46. The molecule has 9 nitrogen and oxygen atoms in total. The van der Waals surface area contributed by atoms with Gasteiger partial charge in [0.05, 0.1) is 41.4 Å². The minimum absolute atomic E-state index is 0.0176. The van der Waals surface area contributed by atoms with Gasteiger partial charge < -0.3 is 10.5 Å². The van der Waals surface area contributed by atoms with Gasteiger partial charge in [0.2, 0.25) is 0 Å². The highest BCUT2D eigenvalue weighted by molar-refractivity contribution is 5.78. The molecule has 4 heterocycles. The number of H-pyrrole nitrogens is 1. The molecular formula is C19H22N8O. The molecule has 144 valence electrons. The van der Waals surface area contributed by atoms with Crippen molar-refractivity contribution in [2.75, 3.05) is 12.8 Å². The number of nitrogens with zero attached hydrogens (tertiary/aromatic N) is 6. The maximum atomic E-state index is 5.78. The van der Waals surface area contributed by atoms with Gasteiger partial charge in [0.25, 0.3) is 0 Å². The van der Waals surface area contributed by atoms with E-state index in [0.29, 0.717) is 23.3 Å². The van der Waals surface area contributed by atoms with Gasteiger partial charge in [0.1, 0.15) is 17.2 Å². The van der Waals surface area contributed by atoms with E-state index in [1.165, 1.54) is 0 Å². The number of fused-ring (bicyclic) bond motifs is 1. The number of nitrogens with two attached hydrogens (primary N) is 1. The smallest absolute Gasteiger partial charge is 0.119 e. The minimum Gasteiger partial charge on any atom is -0.384 e. The van der Waals surface area contributed by atoms with Crippen molar-refractivity contribution in [1.82, 2.24) is 34.6 Å². The molecule has 1 saturated carbocycles. The van der Waals surface area contributed by atoms with Gasteiger partial charge in [-0.15, -0.1) is 0 Å². The molecule has 5 rings (SSSR count). The Bertz CT molecular complexity index is 1130. The minimum atomic E-state index is 0.0176. The van der Waals surface area contributed by atoms with E-state index in [9.17, 15) is 0 Å². The zero-order valence-corrected chi connectivity index (χ0v) is 15.8. The normalized spacial score (nSPS) is 21.9. The average molecular weight is 378 g/mol. The second-order valence-electron chi connectivity index (χ2n) is 7.36. The number of ether oxygens (including phenoxy) is 1. The van der Waals surface area contributed by atoms with E-state index >= 15 is 0 Å². The first-order chi connectivity index (χ1) is 13.6. The summed E-state index contributed by atoms with van der Waals surface area (Å²) in [6.45, 7) is 2.20. The summed E-state index contributed by atoms with van der Waals surface area (Å²) in [5, 5.41) is 16.0. The van der Waals surface area contributed by atoms with E-state index in [-0.39, 0.29) is 5.54 Å². The number of nitrogen functional groups attached to an aromatic ring is 1. The van der Waals surface area contributed by atoms with Crippen molar-refractivity contribution < 1.29 is 4.74 Å². The van der Waals surface area contributed by atoms with Gasteiger partial charge in [0.15, 0.2) is 0 Å². The molecule has 3 N–H and O–H groups in total. The summed E-state index contributed by atoms with van der Waals surface area (Å²) in [5.74, 6) is 0.495. The van der Waals surface area contributed by atoms with Crippen LogP contribution in [0.5, 0.6) is 0 Å². The molecule has 0 unspecified atom stereocenters. The fraction of sp³-hybridized carbons (Fsp3) is 0.368. The highest BCUT2D eigenvalue weighted by Gasteiger charge is 2.45. The van der Waals surface area contributed by atoms with Crippen LogP contribution in [0.2, 0.25) is 0 Å². The number of anilines is 1. The number of aromatic amines is 1. The molecule has 4 aromatic heterocycles. The highest BCUT2D eigenvalue weighted by Crippen LogP contribution is 2.43. The Labute approximate surface area is 161 Å². The Balaban J connectivity index is 1.58. The topological polar surface area (TPSA) is 112 Å². The summed E-state index contributed by atoms with van der Waals surface area (Å²) in [5.41, 5.74) is 9.85. The van der Waals surface area contributed by atoms with Crippen molar-refractivity contribution in [3.63, 3.8) is 0 Å². The van der Waals surface area contributed by atoms with Crippen molar-refractivity contribution in [3.8, 4) is 22.6 Å². The van der Waals surface area contributed by atoms with Gasteiger partial charge in [-0.3, -0.25) is 9.78 Å². The molecule has 0 atom stereocenters. The lowest BCUT2D eigenvalue weighted by molar-refractivity contribution is -0.0583. The fourth-order valence-electron chi connectivity index (χ4n) is 4.03. The molecular weight excluding hydrogens is 356 g/mol. The standard InChI is InChI=1S/C19H22N8O/c1-3-19(7-13(8-19)28-2)27-10-12(9-22-27)18-16-4-5-21-26(16)11-15(23-18)14-6-17(20)25-24-14/h4-6,9-11,13H,3,7-8H2,1-2H3,(H3,20,24,25)/t13-,19-. The molecule has 1 aliphatic rings. The van der Waals surface area contributed by atoms with Crippen LogP contribution in [-0.2, 0) is 10.3 Å². The van der Waals surface area contributed by atoms with E-state index < -0.39 is 0 Å². The molecule has 1 aliphatic carbocycles. The third kappa shape index (κ3) is 2.50. The van der Waals surface area contributed by atoms with Crippen LogP contribution in [0, 0.1) is 0 Å². The summed E-state index contributed by atoms with van der Waals surface area (Å²) >= 11 is 0. The number of hydrogen-bond acceptors (Lipinski definition) is 6. The quantitative estimate of drug-likeness (QED) is 0.552. The number of nitrogens with one attached hydrogen (secondary N) is 1. The zero-order chi connectivity index (χ0) is 19.3. The van der Waals surface area contributed by atoms with Crippen molar-refractivity contribution in [1.29, 1.82) is 0 Å². The number of rotatable bonds is 5. The average Bonchev–Trinajstić information content (AvgIpc) is 3.41. The zero-order valence-electron chi connectivity index (χ0n) is 15.8. The monoisotopic (exact) mass is 378 g/mol. The van der Waals surface area contributed by atoms with Gasteiger partial charge in [-0.2, -0.15) is 15.3 Å². The lowest BCUT2D eigenvalue weighted by Crippen LogP contribution is -2.49. The molecule has 0 amide bonds. The van der Waals surface area contributed by atoms with Crippen LogP contribution in [0.25, 0.3) is 28.2 Å². The Kier molecular flexibility index (Phi) is 3.73. The van der Waals surface area contributed by atoms with E-state index in [4.69, 9.17) is 15.5 Å². The van der Waals surface area contributed by atoms with Gasteiger partial charge in [0, 0.05) is 24.9 Å². The molecule has 4 aromatic rings. The predicted octanol–water partition coefficient (Wildman–Crippen LogP) is 2.48. The summed E-state index contributed by atoms with van der Waals surface area (Å²) in [6.07, 6.45) is 10.8. The van der Waals surface area contributed by atoms with Crippen LogP contribution in [0.15, 0.2) is 36.9 Å². The van der Waals surface area contributed by atoms with Crippen molar-refractivity contribution in [2.24, 2.45) is 0 Å². The largest absolute Gasteiger partial charge is 0.384 e. The summed E-state index contributed by atoms with van der Waals surface area (Å²) in [4.78, 5) is 4.85. The molecule has 0 radical (unpaired) electrons. The Morgan fingerprint density at radius 3 is 2.86 bits per heavy atom. The number of hydrogen-bond donors (Lipinski definition) is 2. The van der Waals surface area contributed by atoms with Crippen LogP contribution in [0.1, 0.15) is 26.2 Å².